The highest BCUT2D eigenvalue weighted by Gasteiger charge is 2.29. The van der Waals surface area contributed by atoms with Gasteiger partial charge in [0.2, 0.25) is 5.91 Å². The SMILES string of the molecule is CCCCCCCCCCCCC1CCN(CCC)C1=O. The molecule has 0 saturated carbocycles. The minimum atomic E-state index is 0.352. The van der Waals surface area contributed by atoms with E-state index in [4.69, 9.17) is 0 Å². The molecule has 1 heterocycles. The van der Waals surface area contributed by atoms with Crippen molar-refractivity contribution in [2.24, 2.45) is 5.92 Å². The van der Waals surface area contributed by atoms with Crippen LogP contribution in [-0.4, -0.2) is 23.9 Å². The minimum Gasteiger partial charge on any atom is -0.342 e. The predicted octanol–water partition coefficient (Wildman–Crippen LogP) is 5.56. The molecule has 2 nitrogen and oxygen atoms in total. The zero-order chi connectivity index (χ0) is 15.3. The lowest BCUT2D eigenvalue weighted by Gasteiger charge is -2.15. The third-order valence-electron chi connectivity index (χ3n) is 4.81. The topological polar surface area (TPSA) is 20.3 Å². The van der Waals surface area contributed by atoms with E-state index in [9.17, 15) is 4.79 Å². The van der Waals surface area contributed by atoms with E-state index < -0.39 is 0 Å². The molecule has 1 aliphatic heterocycles. The maximum absolute atomic E-state index is 12.1. The molecular weight excluding hydrogens is 258 g/mol. The second kappa shape index (κ2) is 12.1. The summed E-state index contributed by atoms with van der Waals surface area (Å²) in [5.41, 5.74) is 0. The molecule has 1 aliphatic rings. The van der Waals surface area contributed by atoms with Gasteiger partial charge < -0.3 is 4.90 Å². The average molecular weight is 296 g/mol. The van der Waals surface area contributed by atoms with Crippen LogP contribution in [0.15, 0.2) is 0 Å². The molecule has 0 spiro atoms. The molecule has 124 valence electrons. The van der Waals surface area contributed by atoms with Crippen LogP contribution in [0.5, 0.6) is 0 Å². The van der Waals surface area contributed by atoms with E-state index in [1.54, 1.807) is 0 Å². The van der Waals surface area contributed by atoms with E-state index in [1.807, 2.05) is 0 Å². The average Bonchev–Trinajstić information content (AvgIpc) is 2.83. The summed E-state index contributed by atoms with van der Waals surface area (Å²) in [5, 5.41) is 0. The summed E-state index contributed by atoms with van der Waals surface area (Å²) in [6.45, 7) is 6.40. The van der Waals surface area contributed by atoms with Crippen LogP contribution in [0.4, 0.5) is 0 Å². The number of amides is 1. The van der Waals surface area contributed by atoms with Gasteiger partial charge in [-0.25, -0.2) is 0 Å². The molecule has 1 unspecified atom stereocenters. The molecule has 1 amide bonds. The summed E-state index contributed by atoms with van der Waals surface area (Å²) in [7, 11) is 0. The van der Waals surface area contributed by atoms with Gasteiger partial charge in [-0.15, -0.1) is 0 Å². The van der Waals surface area contributed by atoms with Crippen molar-refractivity contribution in [2.75, 3.05) is 13.1 Å². The lowest BCUT2D eigenvalue weighted by Crippen LogP contribution is -2.28. The lowest BCUT2D eigenvalue weighted by atomic mass is 9.98. The van der Waals surface area contributed by atoms with Gasteiger partial charge in [-0.1, -0.05) is 78.1 Å². The summed E-state index contributed by atoms with van der Waals surface area (Å²) in [5.74, 6) is 0.790. The minimum absolute atomic E-state index is 0.352. The van der Waals surface area contributed by atoms with Crippen molar-refractivity contribution in [3.63, 3.8) is 0 Å². The normalized spacial score (nSPS) is 18.7. The van der Waals surface area contributed by atoms with Crippen LogP contribution in [-0.2, 0) is 4.79 Å². The second-order valence-corrected chi connectivity index (χ2v) is 6.78. The Kier molecular flexibility index (Phi) is 10.6. The van der Waals surface area contributed by atoms with E-state index >= 15 is 0 Å². The highest BCUT2D eigenvalue weighted by Crippen LogP contribution is 2.24. The number of likely N-dealkylation sites (tertiary alicyclic amines) is 1. The van der Waals surface area contributed by atoms with Crippen LogP contribution in [0.2, 0.25) is 0 Å². The predicted molar refractivity (Wildman–Crippen MR) is 91.4 cm³/mol. The molecule has 1 saturated heterocycles. The molecule has 1 rings (SSSR count). The molecular formula is C19H37NO. The van der Waals surface area contributed by atoms with Crippen LogP contribution in [0.3, 0.4) is 0 Å². The molecule has 0 aliphatic carbocycles. The highest BCUT2D eigenvalue weighted by atomic mass is 16.2. The largest absolute Gasteiger partial charge is 0.342 e. The number of hydrogen-bond donors (Lipinski definition) is 0. The number of nitrogens with zero attached hydrogens (tertiary/aromatic N) is 1. The molecule has 0 aromatic carbocycles. The third kappa shape index (κ3) is 7.87. The molecule has 0 radical (unpaired) electrons. The van der Waals surface area contributed by atoms with Crippen molar-refractivity contribution in [1.29, 1.82) is 0 Å². The first kappa shape index (κ1) is 18.5. The fraction of sp³-hybridized carbons (Fsp3) is 0.947. The van der Waals surface area contributed by atoms with E-state index in [2.05, 4.69) is 18.7 Å². The van der Waals surface area contributed by atoms with Crippen molar-refractivity contribution >= 4 is 5.91 Å². The first-order chi connectivity index (χ1) is 10.3. The zero-order valence-electron chi connectivity index (χ0n) is 14.5. The summed E-state index contributed by atoms with van der Waals surface area (Å²) in [6.07, 6.45) is 17.1. The molecule has 1 atom stereocenters. The number of rotatable bonds is 13. The maximum Gasteiger partial charge on any atom is 0.225 e. The van der Waals surface area contributed by atoms with Gasteiger partial charge in [0.15, 0.2) is 0 Å². The molecule has 0 bridgehead atoms. The van der Waals surface area contributed by atoms with Gasteiger partial charge in [-0.2, -0.15) is 0 Å². The number of hydrogen-bond acceptors (Lipinski definition) is 1. The smallest absolute Gasteiger partial charge is 0.225 e. The molecule has 1 fully saturated rings. The third-order valence-corrected chi connectivity index (χ3v) is 4.81. The Balaban J connectivity index is 1.90. The monoisotopic (exact) mass is 295 g/mol. The number of carbonyl (C=O) groups excluding carboxylic acids is 1. The molecule has 0 N–H and O–H groups in total. The maximum atomic E-state index is 12.1. The van der Waals surface area contributed by atoms with Gasteiger partial charge in [-0.05, 0) is 19.3 Å². The van der Waals surface area contributed by atoms with Crippen molar-refractivity contribution in [3.8, 4) is 0 Å². The van der Waals surface area contributed by atoms with Crippen LogP contribution in [0.1, 0.15) is 97.3 Å². The number of unbranched alkanes of at least 4 members (excludes halogenated alkanes) is 9. The Morgan fingerprint density at radius 3 is 2.00 bits per heavy atom. The summed E-state index contributed by atoms with van der Waals surface area (Å²) < 4.78 is 0. The Labute approximate surface area is 132 Å². The molecule has 2 heteroatoms. The Morgan fingerprint density at radius 2 is 1.43 bits per heavy atom. The van der Waals surface area contributed by atoms with Gasteiger partial charge in [-0.3, -0.25) is 4.79 Å². The summed E-state index contributed by atoms with van der Waals surface area (Å²) in [4.78, 5) is 14.2. The molecule has 21 heavy (non-hydrogen) atoms. The van der Waals surface area contributed by atoms with E-state index in [1.165, 1.54) is 64.2 Å². The summed E-state index contributed by atoms with van der Waals surface area (Å²) >= 11 is 0. The van der Waals surface area contributed by atoms with Crippen LogP contribution >= 0.6 is 0 Å². The van der Waals surface area contributed by atoms with Crippen molar-refractivity contribution in [1.82, 2.24) is 4.90 Å². The van der Waals surface area contributed by atoms with Crippen molar-refractivity contribution in [2.45, 2.75) is 97.3 Å². The Hall–Kier alpha value is -0.530. The standard InChI is InChI=1S/C19H37NO/c1-3-5-6-7-8-9-10-11-12-13-14-18-15-17-20(16-4-2)19(18)21/h18H,3-17H2,1-2H3. The van der Waals surface area contributed by atoms with Crippen molar-refractivity contribution in [3.05, 3.63) is 0 Å². The lowest BCUT2D eigenvalue weighted by molar-refractivity contribution is -0.131. The Morgan fingerprint density at radius 1 is 0.857 bits per heavy atom. The van der Waals surface area contributed by atoms with Crippen LogP contribution in [0, 0.1) is 5.92 Å². The van der Waals surface area contributed by atoms with Gasteiger partial charge in [0.25, 0.3) is 0 Å². The van der Waals surface area contributed by atoms with Crippen LogP contribution in [0.25, 0.3) is 0 Å². The quantitative estimate of drug-likeness (QED) is 0.408. The first-order valence-electron chi connectivity index (χ1n) is 9.58. The molecule has 0 aromatic rings. The fourth-order valence-corrected chi connectivity index (χ4v) is 3.44. The van der Waals surface area contributed by atoms with Gasteiger partial charge in [0, 0.05) is 19.0 Å². The van der Waals surface area contributed by atoms with Crippen molar-refractivity contribution < 1.29 is 4.79 Å². The van der Waals surface area contributed by atoms with Gasteiger partial charge in [0.05, 0.1) is 0 Å². The fourth-order valence-electron chi connectivity index (χ4n) is 3.44. The Bertz CT molecular complexity index is 264. The number of carbonyl (C=O) groups is 1. The molecule has 0 aromatic heterocycles. The van der Waals surface area contributed by atoms with E-state index in [0.717, 1.165) is 32.4 Å². The highest BCUT2D eigenvalue weighted by molar-refractivity contribution is 5.80. The first-order valence-corrected chi connectivity index (χ1v) is 9.58. The summed E-state index contributed by atoms with van der Waals surface area (Å²) in [6, 6.07) is 0. The van der Waals surface area contributed by atoms with Gasteiger partial charge in [0.1, 0.15) is 0 Å². The second-order valence-electron chi connectivity index (χ2n) is 6.78. The van der Waals surface area contributed by atoms with E-state index in [-0.39, 0.29) is 0 Å². The zero-order valence-corrected chi connectivity index (χ0v) is 14.5. The van der Waals surface area contributed by atoms with Gasteiger partial charge >= 0.3 is 0 Å². The van der Waals surface area contributed by atoms with E-state index in [0.29, 0.717) is 11.8 Å². The van der Waals surface area contributed by atoms with Crippen LogP contribution < -0.4 is 0 Å².